The van der Waals surface area contributed by atoms with Crippen molar-refractivity contribution in [1.82, 2.24) is 15.3 Å². The van der Waals surface area contributed by atoms with Crippen molar-refractivity contribution in [1.29, 1.82) is 0 Å². The molecule has 27 heavy (non-hydrogen) atoms. The summed E-state index contributed by atoms with van der Waals surface area (Å²) in [6.45, 7) is 0. The van der Waals surface area contributed by atoms with Crippen LogP contribution in [0, 0.1) is 0 Å². The van der Waals surface area contributed by atoms with Gasteiger partial charge in [0.2, 0.25) is 5.91 Å². The Morgan fingerprint density at radius 1 is 1.04 bits per heavy atom. The Hall–Kier alpha value is -3.54. The van der Waals surface area contributed by atoms with Crippen LogP contribution in [-0.2, 0) is 22.4 Å². The van der Waals surface area contributed by atoms with Crippen LogP contribution < -0.4 is 5.32 Å². The fraction of sp³-hybridized carbons (Fsp3) is 0.143. The van der Waals surface area contributed by atoms with E-state index in [0.29, 0.717) is 5.56 Å². The highest BCUT2D eigenvalue weighted by Crippen LogP contribution is 2.20. The number of aromatic nitrogens is 2. The number of benzene rings is 2. The van der Waals surface area contributed by atoms with Crippen LogP contribution in [0.2, 0.25) is 0 Å². The summed E-state index contributed by atoms with van der Waals surface area (Å²) < 4.78 is 31.7. The van der Waals surface area contributed by atoms with Crippen LogP contribution in [0.15, 0.2) is 60.8 Å². The van der Waals surface area contributed by atoms with E-state index in [4.69, 9.17) is 5.48 Å². The Bertz CT molecular complexity index is 1330. The fourth-order valence-corrected chi connectivity index (χ4v) is 3.17. The summed E-state index contributed by atoms with van der Waals surface area (Å²) >= 11 is 0. The predicted molar refractivity (Wildman–Crippen MR) is 104 cm³/mol. The first kappa shape index (κ1) is 12.8. The molecule has 2 heterocycles. The highest BCUT2D eigenvalue weighted by atomic mass is 16.4. The van der Waals surface area contributed by atoms with Crippen molar-refractivity contribution in [2.75, 3.05) is 0 Å². The molecule has 6 heteroatoms. The molecule has 2 aromatic carbocycles. The van der Waals surface area contributed by atoms with Gasteiger partial charge in [0.15, 0.2) is 0 Å². The van der Waals surface area contributed by atoms with Gasteiger partial charge in [-0.1, -0.05) is 36.3 Å². The van der Waals surface area contributed by atoms with Gasteiger partial charge >= 0.3 is 5.97 Å². The molecule has 0 bridgehead atoms. The molecule has 0 fully saturated rings. The quantitative estimate of drug-likeness (QED) is 0.423. The molecule has 0 aliphatic carbocycles. The lowest BCUT2D eigenvalue weighted by atomic mass is 10.0. The molecule has 4 rings (SSSR count). The van der Waals surface area contributed by atoms with Crippen molar-refractivity contribution < 1.29 is 20.2 Å². The second kappa shape index (κ2) is 6.99. The van der Waals surface area contributed by atoms with Crippen molar-refractivity contribution >= 4 is 33.7 Å². The third kappa shape index (κ3) is 3.42. The van der Waals surface area contributed by atoms with Gasteiger partial charge in [-0.15, -0.1) is 0 Å². The number of carboxylic acids is 1. The second-order valence-electron chi connectivity index (χ2n) is 6.26. The Kier molecular flexibility index (Phi) is 3.30. The van der Waals surface area contributed by atoms with Gasteiger partial charge in [0.05, 0.1) is 11.9 Å². The number of nitrogens with one attached hydrogen (secondary N) is 3. The molecule has 1 amide bonds. The summed E-state index contributed by atoms with van der Waals surface area (Å²) in [5.41, 5.74) is 2.23. The number of rotatable bonds is 6. The Morgan fingerprint density at radius 2 is 1.78 bits per heavy atom. The summed E-state index contributed by atoms with van der Waals surface area (Å²) in [5.74, 6) is -1.72. The van der Waals surface area contributed by atoms with Crippen molar-refractivity contribution in [3.63, 3.8) is 0 Å². The molecule has 4 aromatic rings. The first-order valence-electron chi connectivity index (χ1n) is 10.4. The number of carboxylic acid groups (broad SMARTS) is 1. The summed E-state index contributed by atoms with van der Waals surface area (Å²) in [7, 11) is 0. The van der Waals surface area contributed by atoms with E-state index in [1.165, 1.54) is 6.20 Å². The molecule has 136 valence electrons. The Balaban J connectivity index is 1.56. The molecule has 0 saturated heterocycles. The van der Waals surface area contributed by atoms with Crippen LogP contribution >= 0.6 is 0 Å². The molecule has 2 aromatic heterocycles. The number of carbonyl (C=O) groups excluding carboxylic acids is 1. The molecular formula is C21H19N3O3. The third-order valence-corrected chi connectivity index (χ3v) is 4.48. The van der Waals surface area contributed by atoms with E-state index in [-0.39, 0.29) is 47.9 Å². The smallest absolute Gasteiger partial charge is 0.326 e. The zero-order chi connectivity index (χ0) is 22.3. The first-order valence-corrected chi connectivity index (χ1v) is 8.41. The average molecular weight is 365 g/mol. The van der Waals surface area contributed by atoms with E-state index in [2.05, 4.69) is 15.3 Å². The number of carbonyl (C=O) groups is 2. The largest absolute Gasteiger partial charge is 0.480 e. The molecule has 6 nitrogen and oxygen atoms in total. The number of aliphatic carboxylic acids is 1. The van der Waals surface area contributed by atoms with Crippen molar-refractivity contribution in [3.05, 3.63) is 72.0 Å². The monoisotopic (exact) mass is 365 g/mol. The number of amides is 1. The molecule has 4 N–H and O–H groups in total. The molecular weight excluding hydrogens is 342 g/mol. The van der Waals surface area contributed by atoms with Gasteiger partial charge in [0, 0.05) is 40.6 Å². The number of H-pyrrole nitrogens is 2. The number of fused-ring (bicyclic) bond motifs is 2. The van der Waals surface area contributed by atoms with Gasteiger partial charge in [-0.25, -0.2) is 4.79 Å². The van der Waals surface area contributed by atoms with Crippen LogP contribution in [0.1, 0.15) is 16.6 Å². The van der Waals surface area contributed by atoms with Gasteiger partial charge in [-0.2, -0.15) is 0 Å². The highest BCUT2D eigenvalue weighted by Gasteiger charge is 2.22. The van der Waals surface area contributed by atoms with E-state index >= 15 is 0 Å². The highest BCUT2D eigenvalue weighted by molar-refractivity contribution is 5.91. The maximum atomic E-state index is 12.6. The van der Waals surface area contributed by atoms with Crippen molar-refractivity contribution in [2.24, 2.45) is 0 Å². The summed E-state index contributed by atoms with van der Waals surface area (Å²) in [5, 5.41) is 13.2. The molecule has 0 unspecified atom stereocenters. The van der Waals surface area contributed by atoms with E-state index in [1.54, 1.807) is 6.20 Å². The van der Waals surface area contributed by atoms with Crippen LogP contribution in [-0.4, -0.2) is 33.0 Å². The SMILES string of the molecule is [2H]c1c([2H])c([2H])c2c(CC(=O)N[C@@H](Cc3c[nH]c4ccccc34)C(=O)O)c[nH]c2c1[2H]. The standard InChI is InChI=1S/C21H19N3O3/c25-20(10-14-12-23-18-8-4-2-6-16(14)18)24-19(21(26)27)9-13-11-22-17-7-3-1-5-15(13)17/h1-8,11-12,19,22-23H,9-10H2,(H,24,25)(H,26,27)/t19-/m0/s1/i2D,4D,6D,8D. The van der Waals surface area contributed by atoms with Gasteiger partial charge in [0.25, 0.3) is 0 Å². The minimum absolute atomic E-state index is 0.0958. The lowest BCUT2D eigenvalue weighted by molar-refractivity contribution is -0.141. The maximum absolute atomic E-state index is 12.6. The minimum Gasteiger partial charge on any atom is -0.480 e. The Labute approximate surface area is 160 Å². The second-order valence-corrected chi connectivity index (χ2v) is 6.26. The predicted octanol–water partition coefficient (Wildman–Crippen LogP) is 3.00. The fourth-order valence-electron chi connectivity index (χ4n) is 3.17. The maximum Gasteiger partial charge on any atom is 0.326 e. The van der Waals surface area contributed by atoms with Crippen LogP contribution in [0.5, 0.6) is 0 Å². The molecule has 0 spiro atoms. The van der Waals surface area contributed by atoms with E-state index in [1.807, 2.05) is 24.3 Å². The zero-order valence-electron chi connectivity index (χ0n) is 18.2. The van der Waals surface area contributed by atoms with Gasteiger partial charge in [-0.3, -0.25) is 4.79 Å². The lowest BCUT2D eigenvalue weighted by Crippen LogP contribution is -2.43. The van der Waals surface area contributed by atoms with Crippen LogP contribution in [0.3, 0.4) is 0 Å². The van der Waals surface area contributed by atoms with Gasteiger partial charge in [-0.05, 0) is 23.2 Å². The van der Waals surface area contributed by atoms with E-state index < -0.39 is 17.9 Å². The first-order chi connectivity index (χ1) is 14.8. The third-order valence-electron chi connectivity index (χ3n) is 4.48. The molecule has 0 radical (unpaired) electrons. The molecule has 0 aliphatic rings. The number of aromatic amines is 2. The van der Waals surface area contributed by atoms with Crippen molar-refractivity contribution in [3.8, 4) is 0 Å². The van der Waals surface area contributed by atoms with E-state index in [0.717, 1.165) is 16.5 Å². The number of para-hydroxylation sites is 2. The average Bonchev–Trinajstić information content (AvgIpc) is 3.34. The zero-order valence-corrected chi connectivity index (χ0v) is 14.2. The summed E-state index contributed by atoms with van der Waals surface area (Å²) in [6.07, 6.45) is 3.05. The van der Waals surface area contributed by atoms with Crippen LogP contribution in [0.25, 0.3) is 21.8 Å². The number of hydrogen-bond donors (Lipinski definition) is 4. The summed E-state index contributed by atoms with van der Waals surface area (Å²) in [4.78, 5) is 30.3. The lowest BCUT2D eigenvalue weighted by Gasteiger charge is -2.14. The van der Waals surface area contributed by atoms with Crippen molar-refractivity contribution in [2.45, 2.75) is 18.9 Å². The van der Waals surface area contributed by atoms with E-state index in [9.17, 15) is 14.7 Å². The van der Waals surface area contributed by atoms with Gasteiger partial charge < -0.3 is 20.4 Å². The Morgan fingerprint density at radius 3 is 2.63 bits per heavy atom. The molecule has 0 saturated carbocycles. The molecule has 1 atom stereocenters. The topological polar surface area (TPSA) is 98.0 Å². The van der Waals surface area contributed by atoms with Crippen LogP contribution in [0.4, 0.5) is 0 Å². The number of hydrogen-bond acceptors (Lipinski definition) is 2. The normalized spacial score (nSPS) is 14.4. The summed E-state index contributed by atoms with van der Waals surface area (Å²) in [6, 6.07) is 5.13. The molecule has 0 aliphatic heterocycles. The van der Waals surface area contributed by atoms with Gasteiger partial charge in [0.1, 0.15) is 6.04 Å². The minimum atomic E-state index is -1.17.